The highest BCUT2D eigenvalue weighted by Crippen LogP contribution is 2.15. The van der Waals surface area contributed by atoms with E-state index in [4.69, 9.17) is 15.6 Å². The lowest BCUT2D eigenvalue weighted by atomic mass is 10.2. The number of nitrogens with zero attached hydrogens (tertiary/aromatic N) is 1. The van der Waals surface area contributed by atoms with Gasteiger partial charge in [0, 0.05) is 0 Å². The molecule has 2 aromatic rings. The number of phenolic OH excluding ortho intramolecular Hbond substituents is 1. The fraction of sp³-hybridized carbons (Fsp3) is 0. The summed E-state index contributed by atoms with van der Waals surface area (Å²) in [7, 11) is 0. The van der Waals surface area contributed by atoms with Crippen LogP contribution in [0, 0.1) is 0 Å². The molecule has 1 aromatic heterocycles. The van der Waals surface area contributed by atoms with Crippen molar-refractivity contribution in [1.29, 1.82) is 0 Å². The van der Waals surface area contributed by atoms with E-state index in [1.54, 1.807) is 0 Å². The van der Waals surface area contributed by atoms with Crippen LogP contribution in [0.1, 0.15) is 20.8 Å². The summed E-state index contributed by atoms with van der Waals surface area (Å²) in [5, 5.41) is 9.08. The van der Waals surface area contributed by atoms with Gasteiger partial charge in [-0.3, -0.25) is 4.79 Å². The molecule has 18 heavy (non-hydrogen) atoms. The number of rotatable bonds is 3. The highest BCUT2D eigenvalue weighted by molar-refractivity contribution is 5.96. The molecule has 0 spiro atoms. The summed E-state index contributed by atoms with van der Waals surface area (Å²) in [5.41, 5.74) is 5.19. The molecule has 7 nitrogen and oxygen atoms in total. The molecule has 0 saturated heterocycles. The van der Waals surface area contributed by atoms with E-state index < -0.39 is 11.9 Å². The quantitative estimate of drug-likeness (QED) is 0.680. The third-order valence-corrected chi connectivity index (χ3v) is 2.14. The molecule has 4 N–H and O–H groups in total. The third-order valence-electron chi connectivity index (χ3n) is 2.14. The summed E-state index contributed by atoms with van der Waals surface area (Å²) < 4.78 is 4.91. The Bertz CT molecular complexity index is 589. The summed E-state index contributed by atoms with van der Waals surface area (Å²) in [6.45, 7) is 0. The van der Waals surface area contributed by atoms with Gasteiger partial charge in [0.25, 0.3) is 11.8 Å². The van der Waals surface area contributed by atoms with Crippen LogP contribution in [-0.4, -0.2) is 27.0 Å². The Morgan fingerprint density at radius 1 is 1.28 bits per heavy atom. The van der Waals surface area contributed by atoms with E-state index in [1.165, 1.54) is 30.6 Å². The summed E-state index contributed by atoms with van der Waals surface area (Å²) in [4.78, 5) is 28.8. The molecular formula is C11H9N3O4. The summed E-state index contributed by atoms with van der Waals surface area (Å²) >= 11 is 0. The topological polar surface area (TPSA) is 118 Å². The van der Waals surface area contributed by atoms with E-state index in [0.29, 0.717) is 0 Å². The van der Waals surface area contributed by atoms with E-state index in [1.807, 2.05) is 0 Å². The van der Waals surface area contributed by atoms with Crippen LogP contribution in [-0.2, 0) is 0 Å². The molecule has 0 unspecified atom stereocenters. The number of nitrogens with one attached hydrogen (secondary N) is 1. The Hall–Kier alpha value is -2.83. The molecule has 0 aliphatic carbocycles. The summed E-state index contributed by atoms with van der Waals surface area (Å²) in [5.74, 6) is -1.63. The lowest BCUT2D eigenvalue weighted by Crippen LogP contribution is -2.16. The number of aromatic nitrogens is 2. The van der Waals surface area contributed by atoms with Gasteiger partial charge >= 0.3 is 5.97 Å². The number of nitrogens with two attached hydrogens (primary N) is 1. The van der Waals surface area contributed by atoms with Gasteiger partial charge in [-0.05, 0) is 24.3 Å². The van der Waals surface area contributed by atoms with Crippen LogP contribution >= 0.6 is 0 Å². The molecular weight excluding hydrogens is 238 g/mol. The average Bonchev–Trinajstić information content (AvgIpc) is 2.78. The zero-order chi connectivity index (χ0) is 13.1. The highest BCUT2D eigenvalue weighted by atomic mass is 16.5. The summed E-state index contributed by atoms with van der Waals surface area (Å²) in [6.07, 6.45) is 1.19. The molecule has 2 rings (SSSR count). The molecule has 7 heteroatoms. The Balaban J connectivity index is 2.19. The number of amides is 1. The fourth-order valence-electron chi connectivity index (χ4n) is 1.28. The Kier molecular flexibility index (Phi) is 2.96. The Labute approximate surface area is 101 Å². The SMILES string of the molecule is NC(=O)c1[nH]cnc1OC(=O)c1ccc(O)cc1. The number of carbonyl (C=O) groups is 2. The maximum atomic E-state index is 11.7. The number of phenols is 1. The molecule has 1 amide bonds. The first kappa shape index (κ1) is 11.6. The van der Waals surface area contributed by atoms with Gasteiger partial charge in [-0.25, -0.2) is 9.78 Å². The molecule has 0 atom stereocenters. The van der Waals surface area contributed by atoms with Crippen LogP contribution in [0.3, 0.4) is 0 Å². The number of hydrogen-bond acceptors (Lipinski definition) is 5. The van der Waals surface area contributed by atoms with E-state index in [9.17, 15) is 9.59 Å². The van der Waals surface area contributed by atoms with Crippen LogP contribution in [0.2, 0.25) is 0 Å². The van der Waals surface area contributed by atoms with Gasteiger partial charge in [-0.15, -0.1) is 0 Å². The second kappa shape index (κ2) is 4.58. The second-order valence-corrected chi connectivity index (χ2v) is 3.38. The van der Waals surface area contributed by atoms with Crippen molar-refractivity contribution in [3.8, 4) is 11.6 Å². The van der Waals surface area contributed by atoms with E-state index >= 15 is 0 Å². The minimum absolute atomic E-state index is 0.0316. The number of ether oxygens (including phenoxy) is 1. The fourth-order valence-corrected chi connectivity index (χ4v) is 1.28. The number of carbonyl (C=O) groups excluding carboxylic acids is 2. The normalized spacial score (nSPS) is 10.0. The minimum Gasteiger partial charge on any atom is -0.508 e. The number of benzene rings is 1. The van der Waals surface area contributed by atoms with Gasteiger partial charge in [0.15, 0.2) is 5.69 Å². The van der Waals surface area contributed by atoms with E-state index in [2.05, 4.69) is 9.97 Å². The van der Waals surface area contributed by atoms with Crippen LogP contribution < -0.4 is 10.5 Å². The van der Waals surface area contributed by atoms with Crippen LogP contribution in [0.25, 0.3) is 0 Å². The van der Waals surface area contributed by atoms with Gasteiger partial charge in [0.05, 0.1) is 11.9 Å². The molecule has 0 bridgehead atoms. The van der Waals surface area contributed by atoms with Gasteiger partial charge in [-0.1, -0.05) is 0 Å². The smallest absolute Gasteiger partial charge is 0.344 e. The molecule has 0 aliphatic heterocycles. The maximum Gasteiger partial charge on any atom is 0.344 e. The number of primary amides is 1. The number of hydrogen-bond donors (Lipinski definition) is 3. The van der Waals surface area contributed by atoms with E-state index in [-0.39, 0.29) is 22.9 Å². The predicted molar refractivity (Wildman–Crippen MR) is 60.2 cm³/mol. The third kappa shape index (κ3) is 2.29. The molecule has 1 heterocycles. The minimum atomic E-state index is -0.777. The first-order valence-corrected chi connectivity index (χ1v) is 4.92. The Morgan fingerprint density at radius 3 is 2.56 bits per heavy atom. The number of esters is 1. The molecule has 92 valence electrons. The van der Waals surface area contributed by atoms with Crippen molar-refractivity contribution < 1.29 is 19.4 Å². The van der Waals surface area contributed by atoms with Crippen LogP contribution in [0.15, 0.2) is 30.6 Å². The van der Waals surface area contributed by atoms with Crippen LogP contribution in [0.4, 0.5) is 0 Å². The number of aromatic hydroxyl groups is 1. The zero-order valence-electron chi connectivity index (χ0n) is 9.08. The number of aromatic amines is 1. The van der Waals surface area contributed by atoms with Gasteiger partial charge in [0.2, 0.25) is 0 Å². The standard InChI is InChI=1S/C11H9N3O4/c12-9(16)8-10(14-5-13-8)18-11(17)6-1-3-7(15)4-2-6/h1-5,15H,(H2,12,16)(H,13,14). The first-order valence-electron chi connectivity index (χ1n) is 4.92. The number of H-pyrrole nitrogens is 1. The van der Waals surface area contributed by atoms with Crippen molar-refractivity contribution in [3.63, 3.8) is 0 Å². The predicted octanol–water partition coefficient (Wildman–Crippen LogP) is 0.433. The van der Waals surface area contributed by atoms with Gasteiger partial charge in [0.1, 0.15) is 5.75 Å². The molecule has 0 aliphatic rings. The van der Waals surface area contributed by atoms with Crippen molar-refractivity contribution in [1.82, 2.24) is 9.97 Å². The molecule has 0 radical (unpaired) electrons. The van der Waals surface area contributed by atoms with Crippen molar-refractivity contribution in [3.05, 3.63) is 41.9 Å². The van der Waals surface area contributed by atoms with Crippen molar-refractivity contribution in [2.45, 2.75) is 0 Å². The van der Waals surface area contributed by atoms with Crippen molar-refractivity contribution >= 4 is 11.9 Å². The first-order chi connectivity index (χ1) is 8.58. The molecule has 1 aromatic carbocycles. The second-order valence-electron chi connectivity index (χ2n) is 3.38. The monoisotopic (exact) mass is 247 g/mol. The van der Waals surface area contributed by atoms with Gasteiger partial charge in [-0.2, -0.15) is 0 Å². The lowest BCUT2D eigenvalue weighted by Gasteiger charge is -2.02. The highest BCUT2D eigenvalue weighted by Gasteiger charge is 2.17. The molecule has 0 fully saturated rings. The summed E-state index contributed by atoms with van der Waals surface area (Å²) in [6, 6.07) is 5.45. The largest absolute Gasteiger partial charge is 0.508 e. The van der Waals surface area contributed by atoms with E-state index in [0.717, 1.165) is 0 Å². The Morgan fingerprint density at radius 2 is 1.94 bits per heavy atom. The van der Waals surface area contributed by atoms with Crippen molar-refractivity contribution in [2.75, 3.05) is 0 Å². The maximum absolute atomic E-state index is 11.7. The van der Waals surface area contributed by atoms with Gasteiger partial charge < -0.3 is 20.6 Å². The molecule has 0 saturated carbocycles. The average molecular weight is 247 g/mol. The number of imidazole rings is 1. The van der Waals surface area contributed by atoms with Crippen molar-refractivity contribution in [2.24, 2.45) is 5.73 Å². The lowest BCUT2D eigenvalue weighted by molar-refractivity contribution is 0.0726. The van der Waals surface area contributed by atoms with Crippen LogP contribution in [0.5, 0.6) is 11.6 Å². The zero-order valence-corrected chi connectivity index (χ0v) is 9.08.